The number of nitrogens with zero attached hydrogens (tertiary/aromatic N) is 1. The summed E-state index contributed by atoms with van der Waals surface area (Å²) in [5.41, 5.74) is 1.70. The van der Waals surface area contributed by atoms with Gasteiger partial charge in [-0.15, -0.1) is 0 Å². The molecule has 1 aliphatic heterocycles. The summed E-state index contributed by atoms with van der Waals surface area (Å²) in [6.07, 6.45) is 2.78. The standard InChI is InChI=1S/C19H16Br2N2O2S/c1-2-8-25-17-14(20)9-12(10-15(17)21)11-16-18(24)23-19(26-16)22-13-6-4-3-5-7-13/h3-7,9-11H,2,8H2,1H3,(H,22,23,24). The fourth-order valence-corrected chi connectivity index (χ4v) is 4.55. The molecule has 2 aromatic rings. The first-order valence-electron chi connectivity index (χ1n) is 8.03. The third-order valence-corrected chi connectivity index (χ3v) is 5.49. The summed E-state index contributed by atoms with van der Waals surface area (Å²) in [5, 5.41) is 3.38. The first kappa shape index (κ1) is 19.2. The number of para-hydroxylation sites is 1. The molecule has 2 aromatic carbocycles. The highest BCUT2D eigenvalue weighted by molar-refractivity contribution is 9.11. The molecule has 1 fully saturated rings. The molecular weight excluding hydrogens is 480 g/mol. The molecule has 1 saturated heterocycles. The van der Waals surface area contributed by atoms with E-state index in [1.807, 2.05) is 48.5 Å². The van der Waals surface area contributed by atoms with Gasteiger partial charge >= 0.3 is 0 Å². The molecule has 1 amide bonds. The number of ether oxygens (including phenoxy) is 1. The van der Waals surface area contributed by atoms with Crippen LogP contribution in [0.15, 0.2) is 61.3 Å². The maximum absolute atomic E-state index is 12.2. The van der Waals surface area contributed by atoms with Crippen molar-refractivity contribution < 1.29 is 9.53 Å². The number of hydrogen-bond acceptors (Lipinski definition) is 4. The van der Waals surface area contributed by atoms with Gasteiger partial charge in [0.25, 0.3) is 5.91 Å². The van der Waals surface area contributed by atoms with E-state index in [2.05, 4.69) is 49.1 Å². The van der Waals surface area contributed by atoms with Gasteiger partial charge < -0.3 is 10.1 Å². The lowest BCUT2D eigenvalue weighted by molar-refractivity contribution is -0.115. The summed E-state index contributed by atoms with van der Waals surface area (Å²) in [6.45, 7) is 2.71. The van der Waals surface area contributed by atoms with E-state index in [-0.39, 0.29) is 5.91 Å². The van der Waals surface area contributed by atoms with Crippen LogP contribution in [-0.4, -0.2) is 17.7 Å². The number of thioether (sulfide) groups is 1. The summed E-state index contributed by atoms with van der Waals surface area (Å²) < 4.78 is 7.41. The molecule has 0 radical (unpaired) electrons. The average Bonchev–Trinajstić information content (AvgIpc) is 2.94. The molecule has 26 heavy (non-hydrogen) atoms. The van der Waals surface area contributed by atoms with E-state index in [1.165, 1.54) is 11.8 Å². The van der Waals surface area contributed by atoms with E-state index in [4.69, 9.17) is 4.74 Å². The number of halogens is 2. The Bertz CT molecular complexity index is 859. The quantitative estimate of drug-likeness (QED) is 0.526. The highest BCUT2D eigenvalue weighted by Crippen LogP contribution is 2.36. The van der Waals surface area contributed by atoms with Gasteiger partial charge in [-0.2, -0.15) is 0 Å². The Morgan fingerprint density at radius 1 is 1.19 bits per heavy atom. The van der Waals surface area contributed by atoms with E-state index < -0.39 is 0 Å². The second kappa shape index (κ2) is 8.88. The lowest BCUT2D eigenvalue weighted by Gasteiger charge is -2.10. The molecule has 1 N–H and O–H groups in total. The third kappa shape index (κ3) is 4.78. The van der Waals surface area contributed by atoms with Crippen LogP contribution in [0.25, 0.3) is 6.08 Å². The van der Waals surface area contributed by atoms with Crippen molar-refractivity contribution >= 4 is 66.5 Å². The van der Waals surface area contributed by atoms with E-state index in [0.29, 0.717) is 16.7 Å². The summed E-state index contributed by atoms with van der Waals surface area (Å²) in [7, 11) is 0. The Kier molecular flexibility index (Phi) is 6.56. The minimum atomic E-state index is -0.150. The Hall–Kier alpha value is -1.57. The fourth-order valence-electron chi connectivity index (χ4n) is 2.26. The normalized spacial score (nSPS) is 17.0. The fraction of sp³-hybridized carbons (Fsp3) is 0.158. The molecule has 0 bridgehead atoms. The molecule has 134 valence electrons. The second-order valence-corrected chi connectivity index (χ2v) is 8.22. The number of benzene rings is 2. The highest BCUT2D eigenvalue weighted by atomic mass is 79.9. The van der Waals surface area contributed by atoms with Gasteiger partial charge in [0.05, 0.1) is 26.1 Å². The van der Waals surface area contributed by atoms with Crippen molar-refractivity contribution in [3.05, 3.63) is 61.9 Å². The van der Waals surface area contributed by atoms with Crippen LogP contribution in [-0.2, 0) is 4.79 Å². The molecule has 0 spiro atoms. The summed E-state index contributed by atoms with van der Waals surface area (Å²) >= 11 is 8.39. The van der Waals surface area contributed by atoms with Crippen LogP contribution in [0.5, 0.6) is 5.75 Å². The van der Waals surface area contributed by atoms with Crippen molar-refractivity contribution in [2.45, 2.75) is 13.3 Å². The Morgan fingerprint density at radius 2 is 1.88 bits per heavy atom. The van der Waals surface area contributed by atoms with Crippen molar-refractivity contribution in [3.8, 4) is 5.75 Å². The monoisotopic (exact) mass is 494 g/mol. The summed E-state index contributed by atoms with van der Waals surface area (Å²) in [4.78, 5) is 17.3. The number of hydrogen-bond donors (Lipinski definition) is 1. The van der Waals surface area contributed by atoms with Crippen LogP contribution >= 0.6 is 43.6 Å². The van der Waals surface area contributed by atoms with Crippen LogP contribution in [0.2, 0.25) is 0 Å². The number of amidine groups is 1. The van der Waals surface area contributed by atoms with Gasteiger partial charge in [-0.1, -0.05) is 25.1 Å². The average molecular weight is 496 g/mol. The molecular formula is C19H16Br2N2O2S. The van der Waals surface area contributed by atoms with E-state index >= 15 is 0 Å². The summed E-state index contributed by atoms with van der Waals surface area (Å²) in [6, 6.07) is 13.4. The minimum absolute atomic E-state index is 0.150. The van der Waals surface area contributed by atoms with Gasteiger partial charge in [0.1, 0.15) is 5.75 Å². The second-order valence-electron chi connectivity index (χ2n) is 5.48. The van der Waals surface area contributed by atoms with Crippen LogP contribution in [0.3, 0.4) is 0 Å². The zero-order valence-corrected chi connectivity index (χ0v) is 17.9. The third-order valence-electron chi connectivity index (χ3n) is 3.41. The zero-order valence-electron chi connectivity index (χ0n) is 14.0. The van der Waals surface area contributed by atoms with Crippen LogP contribution in [0.1, 0.15) is 18.9 Å². The minimum Gasteiger partial charge on any atom is -0.491 e. The molecule has 7 heteroatoms. The van der Waals surface area contributed by atoms with Gasteiger partial charge in [0, 0.05) is 0 Å². The SMILES string of the molecule is CCCOc1c(Br)cc(C=C2SC(=Nc3ccccc3)NC2=O)cc1Br. The van der Waals surface area contributed by atoms with E-state index in [1.54, 1.807) is 0 Å². The van der Waals surface area contributed by atoms with Crippen molar-refractivity contribution in [2.24, 2.45) is 4.99 Å². The topological polar surface area (TPSA) is 50.7 Å². The number of nitrogens with one attached hydrogen (secondary N) is 1. The van der Waals surface area contributed by atoms with Crippen molar-refractivity contribution in [2.75, 3.05) is 6.61 Å². The van der Waals surface area contributed by atoms with Crippen molar-refractivity contribution in [3.63, 3.8) is 0 Å². The van der Waals surface area contributed by atoms with Gasteiger partial charge in [-0.25, -0.2) is 4.99 Å². The first-order chi connectivity index (χ1) is 12.6. The lowest BCUT2D eigenvalue weighted by Crippen LogP contribution is -2.19. The molecule has 1 aliphatic rings. The Balaban J connectivity index is 1.82. The smallest absolute Gasteiger partial charge is 0.264 e. The number of aliphatic imine (C=N–C) groups is 1. The molecule has 0 saturated carbocycles. The number of rotatable bonds is 5. The number of carbonyl (C=O) groups is 1. The molecule has 1 heterocycles. The molecule has 0 aliphatic carbocycles. The first-order valence-corrected chi connectivity index (χ1v) is 10.4. The maximum atomic E-state index is 12.2. The van der Waals surface area contributed by atoms with Gasteiger partial charge in [-0.05, 0) is 85.9 Å². The predicted octanol–water partition coefficient (Wildman–Crippen LogP) is 5.89. The van der Waals surface area contributed by atoms with Crippen LogP contribution in [0, 0.1) is 0 Å². The van der Waals surface area contributed by atoms with Gasteiger partial charge in [0.15, 0.2) is 5.17 Å². The zero-order chi connectivity index (χ0) is 18.5. The molecule has 3 rings (SSSR count). The highest BCUT2D eigenvalue weighted by Gasteiger charge is 2.24. The maximum Gasteiger partial charge on any atom is 0.264 e. The molecule has 4 nitrogen and oxygen atoms in total. The molecule has 0 unspecified atom stereocenters. The number of amides is 1. The van der Waals surface area contributed by atoms with Crippen LogP contribution in [0.4, 0.5) is 5.69 Å². The van der Waals surface area contributed by atoms with Gasteiger partial charge in [-0.3, -0.25) is 4.79 Å². The van der Waals surface area contributed by atoms with E-state index in [0.717, 1.165) is 32.4 Å². The number of carbonyl (C=O) groups excluding carboxylic acids is 1. The van der Waals surface area contributed by atoms with Crippen LogP contribution < -0.4 is 10.1 Å². The van der Waals surface area contributed by atoms with Crippen molar-refractivity contribution in [1.82, 2.24) is 5.32 Å². The Morgan fingerprint density at radius 3 is 2.54 bits per heavy atom. The largest absolute Gasteiger partial charge is 0.491 e. The Labute approximate surface area is 173 Å². The molecule has 0 aromatic heterocycles. The van der Waals surface area contributed by atoms with E-state index in [9.17, 15) is 4.79 Å². The van der Waals surface area contributed by atoms with Crippen molar-refractivity contribution in [1.29, 1.82) is 0 Å². The molecule has 0 atom stereocenters. The predicted molar refractivity (Wildman–Crippen MR) is 115 cm³/mol. The van der Waals surface area contributed by atoms with Gasteiger partial charge in [0.2, 0.25) is 0 Å². The summed E-state index contributed by atoms with van der Waals surface area (Å²) in [5.74, 6) is 0.618. The lowest BCUT2D eigenvalue weighted by atomic mass is 10.2.